The molecule has 4 aromatic rings. The molecular formula is C12H8N4O2S. The van der Waals surface area contributed by atoms with E-state index < -0.39 is 0 Å². The Balaban J connectivity index is 2.22. The molecule has 0 saturated heterocycles. The summed E-state index contributed by atoms with van der Waals surface area (Å²) in [5.41, 5.74) is 0.803. The Kier molecular flexibility index (Phi) is 1.96. The Hall–Kier alpha value is -2.41. The van der Waals surface area contributed by atoms with E-state index in [1.54, 1.807) is 23.9 Å². The number of aromatic nitrogens is 4. The van der Waals surface area contributed by atoms with Crippen LogP contribution in [0.1, 0.15) is 0 Å². The number of hydrogen-bond donors (Lipinski definition) is 0. The van der Waals surface area contributed by atoms with Gasteiger partial charge in [0.15, 0.2) is 27.7 Å². The molecule has 4 aromatic heterocycles. The van der Waals surface area contributed by atoms with Crippen molar-refractivity contribution >= 4 is 27.5 Å². The molecule has 4 heterocycles. The maximum Gasteiger partial charge on any atom is 0.300 e. The lowest BCUT2D eigenvalue weighted by Gasteiger charge is -1.97. The van der Waals surface area contributed by atoms with Gasteiger partial charge in [-0.05, 0) is 12.1 Å². The van der Waals surface area contributed by atoms with Crippen molar-refractivity contribution in [2.75, 3.05) is 0 Å². The van der Waals surface area contributed by atoms with Crippen molar-refractivity contribution in [1.82, 2.24) is 18.9 Å². The smallest absolute Gasteiger partial charge is 0.300 e. The maximum atomic E-state index is 12.1. The fourth-order valence-corrected chi connectivity index (χ4v) is 2.87. The summed E-state index contributed by atoms with van der Waals surface area (Å²) in [6.45, 7) is 0. The molecule has 0 spiro atoms. The van der Waals surface area contributed by atoms with Crippen LogP contribution < -0.4 is 5.56 Å². The largest absolute Gasteiger partial charge is 0.461 e. The van der Waals surface area contributed by atoms with Crippen LogP contribution in [0.2, 0.25) is 0 Å². The van der Waals surface area contributed by atoms with Gasteiger partial charge < -0.3 is 8.98 Å². The van der Waals surface area contributed by atoms with E-state index in [4.69, 9.17) is 4.42 Å². The Morgan fingerprint density at radius 3 is 3.05 bits per heavy atom. The fourth-order valence-electron chi connectivity index (χ4n) is 2.17. The highest BCUT2D eigenvalue weighted by atomic mass is 32.1. The molecule has 6 nitrogen and oxygen atoms in total. The van der Waals surface area contributed by atoms with E-state index in [0.29, 0.717) is 27.7 Å². The summed E-state index contributed by atoms with van der Waals surface area (Å²) >= 11 is 1.41. The van der Waals surface area contributed by atoms with Gasteiger partial charge in [0.1, 0.15) is 0 Å². The third kappa shape index (κ3) is 1.33. The normalized spacial score (nSPS) is 11.6. The van der Waals surface area contributed by atoms with E-state index in [1.165, 1.54) is 11.3 Å². The minimum absolute atomic E-state index is 0.273. The van der Waals surface area contributed by atoms with Gasteiger partial charge in [-0.15, -0.1) is 11.3 Å². The SMILES string of the molecule is Cn1c(-c2ccco2)nc2c1c(=O)nc1sccn12. The minimum Gasteiger partial charge on any atom is -0.461 e. The summed E-state index contributed by atoms with van der Waals surface area (Å²) in [5.74, 6) is 1.24. The van der Waals surface area contributed by atoms with Crippen LogP contribution >= 0.6 is 11.3 Å². The summed E-state index contributed by atoms with van der Waals surface area (Å²) in [5, 5.41) is 1.88. The number of fused-ring (bicyclic) bond motifs is 3. The van der Waals surface area contributed by atoms with Crippen molar-refractivity contribution in [3.05, 3.63) is 40.3 Å². The molecular weight excluding hydrogens is 264 g/mol. The first-order valence-corrected chi connectivity index (χ1v) is 6.50. The summed E-state index contributed by atoms with van der Waals surface area (Å²) in [4.78, 5) is 21.3. The first-order valence-electron chi connectivity index (χ1n) is 5.62. The Labute approximate surface area is 110 Å². The monoisotopic (exact) mass is 272 g/mol. The number of rotatable bonds is 1. The van der Waals surface area contributed by atoms with Crippen molar-refractivity contribution < 1.29 is 4.42 Å². The van der Waals surface area contributed by atoms with E-state index >= 15 is 0 Å². The average molecular weight is 272 g/mol. The molecule has 0 amide bonds. The highest BCUT2D eigenvalue weighted by Gasteiger charge is 2.17. The zero-order valence-corrected chi connectivity index (χ0v) is 10.7. The van der Waals surface area contributed by atoms with Gasteiger partial charge in [0.05, 0.1) is 6.26 Å². The number of imidazole rings is 1. The highest BCUT2D eigenvalue weighted by Crippen LogP contribution is 2.23. The summed E-state index contributed by atoms with van der Waals surface area (Å²) < 4.78 is 8.88. The van der Waals surface area contributed by atoms with E-state index in [1.807, 2.05) is 22.0 Å². The van der Waals surface area contributed by atoms with Gasteiger partial charge in [-0.2, -0.15) is 4.98 Å². The third-order valence-corrected chi connectivity index (χ3v) is 3.79. The second-order valence-corrected chi connectivity index (χ2v) is 4.99. The van der Waals surface area contributed by atoms with E-state index in [9.17, 15) is 4.79 Å². The van der Waals surface area contributed by atoms with Gasteiger partial charge in [0.2, 0.25) is 0 Å². The van der Waals surface area contributed by atoms with Crippen LogP contribution in [-0.2, 0) is 7.05 Å². The van der Waals surface area contributed by atoms with Crippen LogP contribution in [-0.4, -0.2) is 18.9 Å². The number of nitrogens with zero attached hydrogens (tertiary/aromatic N) is 4. The first kappa shape index (κ1) is 10.5. The summed E-state index contributed by atoms with van der Waals surface area (Å²) in [6.07, 6.45) is 3.44. The predicted octanol–water partition coefficient (Wildman–Crippen LogP) is 1.90. The van der Waals surface area contributed by atoms with Crippen molar-refractivity contribution in [3.63, 3.8) is 0 Å². The average Bonchev–Trinajstić information content (AvgIpc) is 3.07. The lowest BCUT2D eigenvalue weighted by Crippen LogP contribution is -2.11. The standard InChI is InChI=1S/C12H8N4O2S/c1-15-8-10(13-9(15)7-3-2-5-18-7)16-4-6-19-12(16)14-11(8)17/h2-6H,1H3. The predicted molar refractivity (Wildman–Crippen MR) is 71.3 cm³/mol. The highest BCUT2D eigenvalue weighted by molar-refractivity contribution is 7.15. The molecule has 0 atom stereocenters. The Morgan fingerprint density at radius 1 is 1.37 bits per heavy atom. The quantitative estimate of drug-likeness (QED) is 0.531. The van der Waals surface area contributed by atoms with Gasteiger partial charge >= 0.3 is 0 Å². The molecule has 19 heavy (non-hydrogen) atoms. The number of hydrogen-bond acceptors (Lipinski definition) is 5. The first-order chi connectivity index (χ1) is 9.25. The van der Waals surface area contributed by atoms with Crippen molar-refractivity contribution in [2.24, 2.45) is 7.05 Å². The zero-order chi connectivity index (χ0) is 13.0. The molecule has 94 valence electrons. The fraction of sp³-hybridized carbons (Fsp3) is 0.0833. The van der Waals surface area contributed by atoms with Crippen LogP contribution in [0.15, 0.2) is 39.2 Å². The van der Waals surface area contributed by atoms with E-state index in [0.717, 1.165) is 0 Å². The summed E-state index contributed by atoms with van der Waals surface area (Å²) in [7, 11) is 1.79. The Bertz CT molecular complexity index is 946. The molecule has 0 N–H and O–H groups in total. The van der Waals surface area contributed by atoms with E-state index in [2.05, 4.69) is 9.97 Å². The molecule has 7 heteroatoms. The second-order valence-electron chi connectivity index (χ2n) is 4.12. The molecule has 0 bridgehead atoms. The molecule has 0 fully saturated rings. The zero-order valence-electron chi connectivity index (χ0n) is 9.90. The Morgan fingerprint density at radius 2 is 2.26 bits per heavy atom. The van der Waals surface area contributed by atoms with Gasteiger partial charge in [-0.1, -0.05) is 0 Å². The molecule has 0 aromatic carbocycles. The van der Waals surface area contributed by atoms with Gasteiger partial charge in [-0.3, -0.25) is 9.20 Å². The minimum atomic E-state index is -0.273. The van der Waals surface area contributed by atoms with Crippen molar-refractivity contribution in [2.45, 2.75) is 0 Å². The van der Waals surface area contributed by atoms with Crippen molar-refractivity contribution in [1.29, 1.82) is 0 Å². The molecule has 0 aliphatic rings. The summed E-state index contributed by atoms with van der Waals surface area (Å²) in [6, 6.07) is 3.60. The number of furan rings is 1. The van der Waals surface area contributed by atoms with E-state index in [-0.39, 0.29) is 5.56 Å². The van der Waals surface area contributed by atoms with Crippen LogP contribution in [0, 0.1) is 0 Å². The molecule has 0 radical (unpaired) electrons. The van der Waals surface area contributed by atoms with Gasteiger partial charge in [0.25, 0.3) is 5.56 Å². The van der Waals surface area contributed by atoms with Crippen LogP contribution in [0.4, 0.5) is 0 Å². The lowest BCUT2D eigenvalue weighted by atomic mass is 10.4. The molecule has 0 aliphatic carbocycles. The van der Waals surface area contributed by atoms with Crippen molar-refractivity contribution in [3.8, 4) is 11.6 Å². The number of aryl methyl sites for hydroxylation is 1. The van der Waals surface area contributed by atoms with Gasteiger partial charge in [-0.25, -0.2) is 4.98 Å². The lowest BCUT2D eigenvalue weighted by molar-refractivity contribution is 0.574. The van der Waals surface area contributed by atoms with Crippen LogP contribution in [0.3, 0.4) is 0 Å². The van der Waals surface area contributed by atoms with Gasteiger partial charge in [0, 0.05) is 18.6 Å². The third-order valence-electron chi connectivity index (χ3n) is 3.04. The van der Waals surface area contributed by atoms with Crippen LogP contribution in [0.5, 0.6) is 0 Å². The molecule has 0 aliphatic heterocycles. The number of thiazole rings is 1. The molecule has 0 unspecified atom stereocenters. The van der Waals surface area contributed by atoms with Crippen LogP contribution in [0.25, 0.3) is 27.7 Å². The second kappa shape index (κ2) is 3.55. The molecule has 4 rings (SSSR count). The maximum absolute atomic E-state index is 12.1. The molecule has 0 saturated carbocycles. The topological polar surface area (TPSA) is 65.3 Å².